The second kappa shape index (κ2) is 9.85. The Morgan fingerprint density at radius 3 is 1.85 bits per heavy atom. The molecular weight excluding hydrogens is 505 g/mol. The minimum atomic E-state index is -3.32. The van der Waals surface area contributed by atoms with Gasteiger partial charge in [0.15, 0.2) is 19.7 Å². The fourth-order valence-corrected chi connectivity index (χ4v) is 5.38. The van der Waals surface area contributed by atoms with Crippen molar-refractivity contribution >= 4 is 54.5 Å². The first-order valence-corrected chi connectivity index (χ1v) is 14.1. The van der Waals surface area contributed by atoms with Crippen molar-refractivity contribution in [3.05, 3.63) is 76.3 Å². The van der Waals surface area contributed by atoms with Crippen molar-refractivity contribution in [2.45, 2.75) is 23.1 Å². The van der Waals surface area contributed by atoms with Crippen molar-refractivity contribution in [3.63, 3.8) is 0 Å². The average molecular weight is 526 g/mol. The van der Waals surface area contributed by atoms with Crippen LogP contribution in [0.2, 0.25) is 10.0 Å². The summed E-state index contributed by atoms with van der Waals surface area (Å²) in [4.78, 5) is 12.9. The number of hydrogen-bond acceptors (Lipinski definition) is 5. The van der Waals surface area contributed by atoms with E-state index in [9.17, 15) is 21.6 Å². The Kier molecular flexibility index (Phi) is 7.53. The molecule has 174 valence electrons. The fraction of sp³-hybridized carbons (Fsp3) is 0.174. The van der Waals surface area contributed by atoms with Crippen LogP contribution in [-0.2, 0) is 30.9 Å². The molecule has 6 nitrogen and oxygen atoms in total. The molecule has 0 aliphatic heterocycles. The van der Waals surface area contributed by atoms with Crippen LogP contribution in [0.25, 0.3) is 11.1 Å². The Morgan fingerprint density at radius 1 is 0.848 bits per heavy atom. The summed E-state index contributed by atoms with van der Waals surface area (Å²) >= 11 is 12.8. The van der Waals surface area contributed by atoms with Crippen LogP contribution in [0.3, 0.4) is 0 Å². The summed E-state index contributed by atoms with van der Waals surface area (Å²) in [5.74, 6) is -0.315. The normalized spacial score (nSPS) is 11.9. The lowest BCUT2D eigenvalue weighted by molar-refractivity contribution is -0.115. The lowest BCUT2D eigenvalue weighted by Gasteiger charge is -2.12. The number of halogens is 2. The van der Waals surface area contributed by atoms with E-state index in [0.29, 0.717) is 32.4 Å². The quantitative estimate of drug-likeness (QED) is 0.465. The molecule has 0 saturated heterocycles. The zero-order valence-electron chi connectivity index (χ0n) is 17.8. The SMILES string of the molecule is CCS(=O)(=O)c1ccc(CC(=O)Nc2cc(Cl)c(-c3ccc(S(C)(=O)=O)cc3)c(Cl)c2)cc1. The fourth-order valence-electron chi connectivity index (χ4n) is 3.16. The Balaban J connectivity index is 1.75. The van der Waals surface area contributed by atoms with Crippen LogP contribution >= 0.6 is 23.2 Å². The van der Waals surface area contributed by atoms with Crippen LogP contribution in [0.5, 0.6) is 0 Å². The number of anilines is 1. The maximum atomic E-state index is 12.5. The highest BCUT2D eigenvalue weighted by Gasteiger charge is 2.15. The van der Waals surface area contributed by atoms with Crippen LogP contribution in [0.1, 0.15) is 12.5 Å². The van der Waals surface area contributed by atoms with E-state index in [2.05, 4.69) is 5.32 Å². The number of amides is 1. The number of sulfone groups is 2. The van der Waals surface area contributed by atoms with Gasteiger partial charge in [0.1, 0.15) is 0 Å². The van der Waals surface area contributed by atoms with Crippen LogP contribution in [0.15, 0.2) is 70.5 Å². The minimum absolute atomic E-state index is 0.00615. The van der Waals surface area contributed by atoms with Gasteiger partial charge in [-0.25, -0.2) is 16.8 Å². The molecule has 0 saturated carbocycles. The Morgan fingerprint density at radius 2 is 1.36 bits per heavy atom. The molecule has 33 heavy (non-hydrogen) atoms. The van der Waals surface area contributed by atoms with Gasteiger partial charge >= 0.3 is 0 Å². The monoisotopic (exact) mass is 525 g/mol. The van der Waals surface area contributed by atoms with Crippen molar-refractivity contribution in [1.82, 2.24) is 0 Å². The molecule has 1 N–H and O–H groups in total. The van der Waals surface area contributed by atoms with Gasteiger partial charge in [0.05, 0.1) is 32.0 Å². The maximum Gasteiger partial charge on any atom is 0.228 e. The summed E-state index contributed by atoms with van der Waals surface area (Å²) in [6.07, 6.45) is 1.16. The molecule has 10 heteroatoms. The maximum absolute atomic E-state index is 12.5. The van der Waals surface area contributed by atoms with E-state index in [1.807, 2.05) is 0 Å². The van der Waals surface area contributed by atoms with E-state index in [-0.39, 0.29) is 27.9 Å². The zero-order valence-corrected chi connectivity index (χ0v) is 20.9. The molecule has 0 aromatic heterocycles. The highest BCUT2D eigenvalue weighted by atomic mass is 35.5. The number of carbonyl (C=O) groups is 1. The van der Waals surface area contributed by atoms with E-state index in [1.165, 1.54) is 24.3 Å². The Bertz CT molecular complexity index is 1380. The average Bonchev–Trinajstić information content (AvgIpc) is 2.73. The standard InChI is InChI=1S/C23H21Cl2NO5S2/c1-3-33(30,31)19-8-4-15(5-9-19)12-22(27)26-17-13-20(24)23(21(25)14-17)16-6-10-18(11-7-16)32(2,28)29/h4-11,13-14H,3,12H2,1-2H3,(H,26,27). The van der Waals surface area contributed by atoms with Gasteiger partial charge in [0.25, 0.3) is 0 Å². The lowest BCUT2D eigenvalue weighted by atomic mass is 10.0. The van der Waals surface area contributed by atoms with E-state index in [1.54, 1.807) is 43.3 Å². The van der Waals surface area contributed by atoms with Gasteiger partial charge in [-0.3, -0.25) is 4.79 Å². The zero-order chi connectivity index (χ0) is 24.4. The molecule has 0 heterocycles. The van der Waals surface area contributed by atoms with Crippen molar-refractivity contribution in [2.24, 2.45) is 0 Å². The van der Waals surface area contributed by atoms with Gasteiger partial charge in [-0.15, -0.1) is 0 Å². The molecule has 0 fully saturated rings. The molecule has 3 rings (SSSR count). The predicted octanol–water partition coefficient (Wildman–Crippen LogP) is 5.04. The topological polar surface area (TPSA) is 97.4 Å². The van der Waals surface area contributed by atoms with Crippen molar-refractivity contribution in [2.75, 3.05) is 17.3 Å². The minimum Gasteiger partial charge on any atom is -0.326 e. The van der Waals surface area contributed by atoms with Gasteiger partial charge in [-0.1, -0.05) is 54.4 Å². The number of nitrogens with one attached hydrogen (secondary N) is 1. The molecule has 0 unspecified atom stereocenters. The second-order valence-electron chi connectivity index (χ2n) is 7.38. The van der Waals surface area contributed by atoms with E-state index in [4.69, 9.17) is 23.2 Å². The van der Waals surface area contributed by atoms with E-state index >= 15 is 0 Å². The van der Waals surface area contributed by atoms with Crippen LogP contribution < -0.4 is 5.32 Å². The van der Waals surface area contributed by atoms with Crippen LogP contribution in [0.4, 0.5) is 5.69 Å². The molecule has 0 spiro atoms. The van der Waals surface area contributed by atoms with Crippen LogP contribution in [-0.4, -0.2) is 34.8 Å². The lowest BCUT2D eigenvalue weighted by Crippen LogP contribution is -2.14. The highest BCUT2D eigenvalue weighted by molar-refractivity contribution is 7.91. The van der Waals surface area contributed by atoms with Gasteiger partial charge in [0.2, 0.25) is 5.91 Å². The molecule has 0 radical (unpaired) electrons. The first-order valence-electron chi connectivity index (χ1n) is 9.82. The predicted molar refractivity (Wildman–Crippen MR) is 132 cm³/mol. The number of benzene rings is 3. The molecule has 0 aliphatic rings. The van der Waals surface area contributed by atoms with Crippen molar-refractivity contribution in [1.29, 1.82) is 0 Å². The summed E-state index contributed by atoms with van der Waals surface area (Å²) in [6.45, 7) is 1.57. The largest absolute Gasteiger partial charge is 0.326 e. The molecule has 0 aliphatic carbocycles. The highest BCUT2D eigenvalue weighted by Crippen LogP contribution is 2.37. The van der Waals surface area contributed by atoms with Gasteiger partial charge < -0.3 is 5.32 Å². The third kappa shape index (κ3) is 6.14. The smallest absolute Gasteiger partial charge is 0.228 e. The summed E-state index contributed by atoms with van der Waals surface area (Å²) in [5, 5.41) is 3.31. The molecule has 0 bridgehead atoms. The Hall–Kier alpha value is -2.39. The van der Waals surface area contributed by atoms with Gasteiger partial charge in [-0.05, 0) is 47.5 Å². The summed E-state index contributed by atoms with van der Waals surface area (Å²) < 4.78 is 47.1. The summed E-state index contributed by atoms with van der Waals surface area (Å²) in [6, 6.07) is 15.5. The summed E-state index contributed by atoms with van der Waals surface area (Å²) in [5.41, 5.74) is 2.21. The number of hydrogen-bond donors (Lipinski definition) is 1. The molecular formula is C23H21Cl2NO5S2. The molecule has 0 atom stereocenters. The van der Waals surface area contributed by atoms with Crippen molar-refractivity contribution < 1.29 is 21.6 Å². The van der Waals surface area contributed by atoms with Gasteiger partial charge in [-0.2, -0.15) is 0 Å². The first kappa shape index (κ1) is 25.2. The molecule has 3 aromatic rings. The first-order chi connectivity index (χ1) is 15.4. The van der Waals surface area contributed by atoms with E-state index < -0.39 is 19.7 Å². The molecule has 1 amide bonds. The molecule has 3 aromatic carbocycles. The van der Waals surface area contributed by atoms with Crippen molar-refractivity contribution in [3.8, 4) is 11.1 Å². The van der Waals surface area contributed by atoms with Crippen LogP contribution in [0, 0.1) is 0 Å². The van der Waals surface area contributed by atoms with Gasteiger partial charge in [0, 0.05) is 17.5 Å². The summed E-state index contributed by atoms with van der Waals surface area (Å²) in [7, 11) is -6.62. The third-order valence-electron chi connectivity index (χ3n) is 4.92. The number of rotatable bonds is 7. The third-order valence-corrected chi connectivity index (χ3v) is 8.40. The van der Waals surface area contributed by atoms with E-state index in [0.717, 1.165) is 6.26 Å². The second-order valence-corrected chi connectivity index (χ2v) is 12.5. The number of carbonyl (C=O) groups excluding carboxylic acids is 1. The Labute approximate surface area is 203 Å².